The Kier molecular flexibility index (Phi) is 5.70. The van der Waals surface area contributed by atoms with Gasteiger partial charge in [-0.25, -0.2) is 4.68 Å². The Morgan fingerprint density at radius 3 is 2.53 bits per heavy atom. The van der Waals surface area contributed by atoms with Crippen molar-refractivity contribution < 1.29 is 4.79 Å². The lowest BCUT2D eigenvalue weighted by atomic mass is 9.95. The summed E-state index contributed by atoms with van der Waals surface area (Å²) in [6.07, 6.45) is 2.58. The predicted octanol–water partition coefficient (Wildman–Crippen LogP) is 3.56. The van der Waals surface area contributed by atoms with E-state index < -0.39 is 0 Å². The number of hydrogen-bond acceptors (Lipinski definition) is 5. The maximum absolute atomic E-state index is 12.5. The van der Waals surface area contributed by atoms with E-state index in [0.29, 0.717) is 0 Å². The van der Waals surface area contributed by atoms with Crippen LogP contribution >= 0.6 is 0 Å². The average Bonchev–Trinajstić information content (AvgIpc) is 3.12. The molecule has 1 fully saturated rings. The largest absolute Gasteiger partial charge is 0.353 e. The maximum Gasteiger partial charge on any atom is 0.223 e. The summed E-state index contributed by atoms with van der Waals surface area (Å²) in [7, 11) is 0. The fourth-order valence-electron chi connectivity index (χ4n) is 4.16. The van der Waals surface area contributed by atoms with E-state index in [1.807, 2.05) is 29.8 Å². The van der Waals surface area contributed by atoms with Crippen LogP contribution in [0.2, 0.25) is 0 Å². The van der Waals surface area contributed by atoms with Crippen LogP contribution in [0, 0.1) is 19.8 Å². The number of fused-ring (bicyclic) bond motifs is 1. The van der Waals surface area contributed by atoms with Crippen molar-refractivity contribution in [1.29, 1.82) is 0 Å². The number of carbonyl (C=O) groups excluding carboxylic acids is 1. The predicted molar refractivity (Wildman–Crippen MR) is 119 cm³/mol. The van der Waals surface area contributed by atoms with Gasteiger partial charge in [0, 0.05) is 25.0 Å². The number of amides is 1. The Bertz CT molecular complexity index is 1040. The number of aryl methyl sites for hydroxylation is 2. The smallest absolute Gasteiger partial charge is 0.223 e. The Morgan fingerprint density at radius 1 is 1.17 bits per heavy atom. The van der Waals surface area contributed by atoms with Gasteiger partial charge in [0.2, 0.25) is 5.91 Å². The number of rotatable bonds is 5. The molecule has 0 spiro atoms. The summed E-state index contributed by atoms with van der Waals surface area (Å²) in [5.74, 6) is 1.05. The summed E-state index contributed by atoms with van der Waals surface area (Å²) in [6, 6.07) is 10.4. The Hall–Kier alpha value is -2.96. The second-order valence-corrected chi connectivity index (χ2v) is 8.24. The molecule has 1 aliphatic rings. The fraction of sp³-hybridized carbons (Fsp3) is 0.478. The number of aromatic nitrogens is 4. The topological polar surface area (TPSA) is 75.9 Å². The number of nitrogens with zero attached hydrogens (tertiary/aromatic N) is 5. The molecule has 0 radical (unpaired) electrons. The molecular formula is C23H30N6O. The van der Waals surface area contributed by atoms with Crippen molar-refractivity contribution in [3.05, 3.63) is 41.7 Å². The van der Waals surface area contributed by atoms with Gasteiger partial charge in [-0.2, -0.15) is 10.2 Å². The minimum Gasteiger partial charge on any atom is -0.353 e. The summed E-state index contributed by atoms with van der Waals surface area (Å²) in [5.41, 5.74) is 3.85. The van der Waals surface area contributed by atoms with Crippen molar-refractivity contribution in [2.24, 2.45) is 5.92 Å². The molecule has 0 bridgehead atoms. The molecule has 0 aliphatic carbocycles. The van der Waals surface area contributed by atoms with Crippen molar-refractivity contribution in [3.8, 4) is 5.69 Å². The number of para-hydroxylation sites is 1. The molecule has 1 N–H and O–H groups in total. The maximum atomic E-state index is 12.5. The van der Waals surface area contributed by atoms with E-state index in [2.05, 4.69) is 53.3 Å². The molecule has 1 aliphatic heterocycles. The van der Waals surface area contributed by atoms with Gasteiger partial charge < -0.3 is 10.2 Å². The van der Waals surface area contributed by atoms with Gasteiger partial charge in [-0.15, -0.1) is 5.10 Å². The molecule has 158 valence electrons. The highest BCUT2D eigenvalue weighted by molar-refractivity contribution is 5.92. The number of hydrogen-bond donors (Lipinski definition) is 1. The van der Waals surface area contributed by atoms with Crippen LogP contribution in [0.4, 0.5) is 5.82 Å². The Labute approximate surface area is 177 Å². The van der Waals surface area contributed by atoms with E-state index in [-0.39, 0.29) is 17.9 Å². The second-order valence-electron chi connectivity index (χ2n) is 8.24. The van der Waals surface area contributed by atoms with Gasteiger partial charge in [0.25, 0.3) is 0 Å². The van der Waals surface area contributed by atoms with Crippen LogP contribution in [0.25, 0.3) is 16.6 Å². The summed E-state index contributed by atoms with van der Waals surface area (Å²) in [6.45, 7) is 9.76. The first kappa shape index (κ1) is 20.3. The third-order valence-electron chi connectivity index (χ3n) is 6.15. The molecule has 0 unspecified atom stereocenters. The minimum atomic E-state index is 0.0627. The summed E-state index contributed by atoms with van der Waals surface area (Å²) >= 11 is 0. The average molecular weight is 407 g/mol. The standard InChI is InChI=1S/C23H30N6O/c1-5-15(2)24-23(30)18-11-13-28(14-12-18)22-21-20(16(3)25-26-22)17(4)29(27-21)19-9-7-6-8-10-19/h6-10,15,18H,5,11-14H2,1-4H3,(H,24,30)/t15-/m1/s1. The first-order valence-electron chi connectivity index (χ1n) is 10.8. The lowest BCUT2D eigenvalue weighted by Crippen LogP contribution is -2.43. The van der Waals surface area contributed by atoms with E-state index in [1.54, 1.807) is 0 Å². The third kappa shape index (κ3) is 3.76. The molecular weight excluding hydrogens is 376 g/mol. The molecule has 3 aromatic rings. The van der Waals surface area contributed by atoms with Crippen LogP contribution in [0.5, 0.6) is 0 Å². The highest BCUT2D eigenvalue weighted by Gasteiger charge is 2.28. The van der Waals surface area contributed by atoms with Crippen molar-refractivity contribution in [2.45, 2.75) is 53.0 Å². The molecule has 1 atom stereocenters. The lowest BCUT2D eigenvalue weighted by molar-refractivity contribution is -0.126. The minimum absolute atomic E-state index is 0.0627. The Balaban J connectivity index is 1.60. The number of carbonyl (C=O) groups is 1. The molecule has 3 heterocycles. The Morgan fingerprint density at radius 2 is 1.87 bits per heavy atom. The van der Waals surface area contributed by atoms with Gasteiger partial charge >= 0.3 is 0 Å². The van der Waals surface area contributed by atoms with Crippen molar-refractivity contribution in [1.82, 2.24) is 25.3 Å². The molecule has 30 heavy (non-hydrogen) atoms. The number of piperidine rings is 1. The summed E-state index contributed by atoms with van der Waals surface area (Å²) in [4.78, 5) is 14.7. The lowest BCUT2D eigenvalue weighted by Gasteiger charge is -2.32. The first-order valence-corrected chi connectivity index (χ1v) is 10.8. The molecule has 1 saturated heterocycles. The quantitative estimate of drug-likeness (QED) is 0.701. The van der Waals surface area contributed by atoms with E-state index in [1.165, 1.54) is 0 Å². The second kappa shape index (κ2) is 8.42. The van der Waals surface area contributed by atoms with E-state index >= 15 is 0 Å². The van der Waals surface area contributed by atoms with Crippen molar-refractivity contribution in [2.75, 3.05) is 18.0 Å². The van der Waals surface area contributed by atoms with Crippen LogP contribution < -0.4 is 10.2 Å². The van der Waals surface area contributed by atoms with Gasteiger partial charge in [-0.1, -0.05) is 25.1 Å². The van der Waals surface area contributed by atoms with Crippen LogP contribution in [-0.2, 0) is 4.79 Å². The van der Waals surface area contributed by atoms with Crippen molar-refractivity contribution in [3.63, 3.8) is 0 Å². The molecule has 4 rings (SSSR count). The molecule has 7 heteroatoms. The van der Waals surface area contributed by atoms with Gasteiger partial charge in [0.1, 0.15) is 5.52 Å². The van der Waals surface area contributed by atoms with Gasteiger partial charge in [-0.05, 0) is 52.2 Å². The molecule has 1 aromatic carbocycles. The number of anilines is 1. The number of nitrogens with one attached hydrogen (secondary N) is 1. The normalized spacial score (nSPS) is 16.1. The molecule has 7 nitrogen and oxygen atoms in total. The summed E-state index contributed by atoms with van der Waals surface area (Å²) < 4.78 is 1.97. The monoisotopic (exact) mass is 406 g/mol. The first-order chi connectivity index (χ1) is 14.5. The highest BCUT2D eigenvalue weighted by atomic mass is 16.1. The van der Waals surface area contributed by atoms with Crippen molar-refractivity contribution >= 4 is 22.6 Å². The van der Waals surface area contributed by atoms with Gasteiger partial charge in [0.15, 0.2) is 5.82 Å². The van der Waals surface area contributed by atoms with E-state index in [0.717, 1.165) is 66.1 Å². The zero-order chi connectivity index (χ0) is 21.3. The van der Waals surface area contributed by atoms with Gasteiger partial charge in [0.05, 0.1) is 22.5 Å². The third-order valence-corrected chi connectivity index (χ3v) is 6.15. The zero-order valence-electron chi connectivity index (χ0n) is 18.2. The fourth-order valence-corrected chi connectivity index (χ4v) is 4.16. The van der Waals surface area contributed by atoms with E-state index in [9.17, 15) is 4.79 Å². The van der Waals surface area contributed by atoms with Crippen LogP contribution in [0.15, 0.2) is 30.3 Å². The SMILES string of the molecule is CC[C@@H](C)NC(=O)C1CCN(c2nnc(C)c3c(C)n(-c4ccccc4)nc23)CC1. The van der Waals surface area contributed by atoms with Crippen LogP contribution in [-0.4, -0.2) is 45.0 Å². The zero-order valence-corrected chi connectivity index (χ0v) is 18.2. The molecule has 0 saturated carbocycles. The summed E-state index contributed by atoms with van der Waals surface area (Å²) in [5, 5.41) is 18.0. The van der Waals surface area contributed by atoms with Crippen LogP contribution in [0.1, 0.15) is 44.5 Å². The van der Waals surface area contributed by atoms with Crippen LogP contribution in [0.3, 0.4) is 0 Å². The number of benzene rings is 1. The molecule has 1 amide bonds. The van der Waals surface area contributed by atoms with Gasteiger partial charge in [-0.3, -0.25) is 4.79 Å². The highest BCUT2D eigenvalue weighted by Crippen LogP contribution is 2.31. The molecule has 2 aromatic heterocycles. The van der Waals surface area contributed by atoms with E-state index in [4.69, 9.17) is 5.10 Å².